The van der Waals surface area contributed by atoms with Gasteiger partial charge in [0.2, 0.25) is 11.9 Å². The maximum atomic E-state index is 13.3. The third kappa shape index (κ3) is 2.58. The van der Waals surface area contributed by atoms with Gasteiger partial charge in [-0.2, -0.15) is 4.98 Å². The molecule has 0 saturated heterocycles. The number of amides is 1. The number of benzene rings is 1. The van der Waals surface area contributed by atoms with E-state index in [2.05, 4.69) is 15.4 Å². The number of fused-ring (bicyclic) bond motifs is 1. The smallest absolute Gasteiger partial charge is 0.249 e. The van der Waals surface area contributed by atoms with Crippen molar-refractivity contribution in [2.75, 3.05) is 5.32 Å². The van der Waals surface area contributed by atoms with E-state index < -0.39 is 11.6 Å². The summed E-state index contributed by atoms with van der Waals surface area (Å²) in [6, 6.07) is 7.05. The van der Waals surface area contributed by atoms with E-state index in [0.717, 1.165) is 12.1 Å². The number of pyridine rings is 1. The summed E-state index contributed by atoms with van der Waals surface area (Å²) < 4.78 is 27.7. The minimum Gasteiger partial charge on any atom is -0.293 e. The van der Waals surface area contributed by atoms with Crippen LogP contribution in [0.15, 0.2) is 36.5 Å². The summed E-state index contributed by atoms with van der Waals surface area (Å²) in [5.74, 6) is -1.89. The van der Waals surface area contributed by atoms with Gasteiger partial charge in [0.1, 0.15) is 0 Å². The van der Waals surface area contributed by atoms with E-state index in [-0.39, 0.29) is 11.9 Å². The molecule has 2 aromatic heterocycles. The summed E-state index contributed by atoms with van der Waals surface area (Å²) in [7, 11) is 0. The number of halogens is 2. The number of rotatable bonds is 2. The standard InChI is InChI=1S/C14H10F2N4O/c1-8(21)17-14-18-13-5-3-10(7-20(13)19-14)9-2-4-11(15)12(16)6-9/h2-7H,1H3,(H,17,19,21). The zero-order valence-corrected chi connectivity index (χ0v) is 11.0. The van der Waals surface area contributed by atoms with Crippen molar-refractivity contribution in [1.29, 1.82) is 0 Å². The Balaban J connectivity index is 2.03. The Kier molecular flexibility index (Phi) is 3.09. The first-order valence-electron chi connectivity index (χ1n) is 6.12. The third-order valence-corrected chi connectivity index (χ3v) is 2.87. The van der Waals surface area contributed by atoms with Crippen LogP contribution in [0.5, 0.6) is 0 Å². The summed E-state index contributed by atoms with van der Waals surface area (Å²) >= 11 is 0. The molecule has 0 fully saturated rings. The van der Waals surface area contributed by atoms with E-state index >= 15 is 0 Å². The Bertz CT molecular complexity index is 844. The summed E-state index contributed by atoms with van der Waals surface area (Å²) in [5, 5.41) is 6.56. The van der Waals surface area contributed by atoms with Gasteiger partial charge in [-0.1, -0.05) is 6.07 Å². The van der Waals surface area contributed by atoms with Crippen LogP contribution in [0.4, 0.5) is 14.7 Å². The zero-order chi connectivity index (χ0) is 15.0. The second-order valence-electron chi connectivity index (χ2n) is 4.47. The van der Waals surface area contributed by atoms with Crippen LogP contribution >= 0.6 is 0 Å². The van der Waals surface area contributed by atoms with Crippen molar-refractivity contribution >= 4 is 17.5 Å². The molecule has 0 aliphatic rings. The fourth-order valence-corrected chi connectivity index (χ4v) is 1.94. The average Bonchev–Trinajstić information content (AvgIpc) is 2.82. The first-order valence-corrected chi connectivity index (χ1v) is 6.12. The molecule has 7 heteroatoms. The Morgan fingerprint density at radius 3 is 2.62 bits per heavy atom. The van der Waals surface area contributed by atoms with Crippen LogP contribution < -0.4 is 5.32 Å². The van der Waals surface area contributed by atoms with Crippen molar-refractivity contribution < 1.29 is 13.6 Å². The number of nitrogens with one attached hydrogen (secondary N) is 1. The van der Waals surface area contributed by atoms with Gasteiger partial charge in [0.05, 0.1) is 0 Å². The monoisotopic (exact) mass is 288 g/mol. The molecular formula is C14H10F2N4O. The molecule has 0 aliphatic heterocycles. The van der Waals surface area contributed by atoms with Crippen LogP contribution in [0.25, 0.3) is 16.8 Å². The molecule has 1 aromatic carbocycles. The largest absolute Gasteiger partial charge is 0.293 e. The molecule has 3 rings (SSSR count). The molecular weight excluding hydrogens is 278 g/mol. The van der Waals surface area contributed by atoms with Crippen LogP contribution in [0, 0.1) is 11.6 Å². The van der Waals surface area contributed by atoms with Crippen LogP contribution in [-0.2, 0) is 4.79 Å². The highest BCUT2D eigenvalue weighted by Gasteiger charge is 2.08. The normalized spacial score (nSPS) is 10.8. The topological polar surface area (TPSA) is 59.3 Å². The number of nitrogens with zero attached hydrogens (tertiary/aromatic N) is 3. The molecule has 1 amide bonds. The van der Waals surface area contributed by atoms with Crippen molar-refractivity contribution in [2.45, 2.75) is 6.92 Å². The van der Waals surface area contributed by atoms with Crippen LogP contribution in [0.3, 0.4) is 0 Å². The number of anilines is 1. The van der Waals surface area contributed by atoms with Crippen molar-refractivity contribution in [1.82, 2.24) is 14.6 Å². The number of hydrogen-bond acceptors (Lipinski definition) is 3. The van der Waals surface area contributed by atoms with Crippen molar-refractivity contribution in [3.05, 3.63) is 48.2 Å². The highest BCUT2D eigenvalue weighted by atomic mass is 19.2. The van der Waals surface area contributed by atoms with Gasteiger partial charge in [-0.3, -0.25) is 10.1 Å². The number of aromatic nitrogens is 3. The molecule has 0 atom stereocenters. The number of carbonyl (C=O) groups is 1. The molecule has 2 heterocycles. The lowest BCUT2D eigenvalue weighted by Crippen LogP contribution is -2.07. The lowest BCUT2D eigenvalue weighted by molar-refractivity contribution is -0.114. The van der Waals surface area contributed by atoms with E-state index in [1.165, 1.54) is 17.5 Å². The minimum atomic E-state index is -0.912. The van der Waals surface area contributed by atoms with Gasteiger partial charge in [-0.15, -0.1) is 5.10 Å². The van der Waals surface area contributed by atoms with E-state index in [0.29, 0.717) is 16.8 Å². The second-order valence-corrected chi connectivity index (χ2v) is 4.47. The molecule has 0 aliphatic carbocycles. The van der Waals surface area contributed by atoms with Gasteiger partial charge in [-0.05, 0) is 29.8 Å². The molecule has 1 N–H and O–H groups in total. The molecule has 0 radical (unpaired) electrons. The van der Waals surface area contributed by atoms with Gasteiger partial charge in [0.15, 0.2) is 17.3 Å². The third-order valence-electron chi connectivity index (χ3n) is 2.87. The highest BCUT2D eigenvalue weighted by Crippen LogP contribution is 2.22. The maximum absolute atomic E-state index is 13.3. The van der Waals surface area contributed by atoms with Crippen LogP contribution in [0.2, 0.25) is 0 Å². The van der Waals surface area contributed by atoms with Crippen LogP contribution in [-0.4, -0.2) is 20.5 Å². The summed E-state index contributed by atoms with van der Waals surface area (Å²) in [6.45, 7) is 1.36. The van der Waals surface area contributed by atoms with Crippen molar-refractivity contribution in [3.8, 4) is 11.1 Å². The van der Waals surface area contributed by atoms with Gasteiger partial charge in [0, 0.05) is 18.7 Å². The van der Waals surface area contributed by atoms with Gasteiger partial charge < -0.3 is 0 Å². The van der Waals surface area contributed by atoms with E-state index in [4.69, 9.17) is 0 Å². The Hall–Kier alpha value is -2.83. The summed E-state index contributed by atoms with van der Waals surface area (Å²) in [4.78, 5) is 15.1. The molecule has 3 aromatic rings. The first kappa shape index (κ1) is 13.2. The lowest BCUT2D eigenvalue weighted by Gasteiger charge is -2.02. The fourth-order valence-electron chi connectivity index (χ4n) is 1.94. The summed E-state index contributed by atoms with van der Waals surface area (Å²) in [5.41, 5.74) is 1.71. The van der Waals surface area contributed by atoms with E-state index in [9.17, 15) is 13.6 Å². The van der Waals surface area contributed by atoms with E-state index in [1.807, 2.05) is 0 Å². The van der Waals surface area contributed by atoms with Crippen LogP contribution in [0.1, 0.15) is 6.92 Å². The number of carbonyl (C=O) groups excluding carboxylic acids is 1. The first-order chi connectivity index (χ1) is 10.0. The molecule has 0 unspecified atom stereocenters. The fraction of sp³-hybridized carbons (Fsp3) is 0.0714. The Labute approximate surface area is 118 Å². The molecule has 0 saturated carbocycles. The zero-order valence-electron chi connectivity index (χ0n) is 11.0. The molecule has 106 valence electrons. The molecule has 0 spiro atoms. The minimum absolute atomic E-state index is 0.185. The van der Waals surface area contributed by atoms with E-state index in [1.54, 1.807) is 18.3 Å². The molecule has 21 heavy (non-hydrogen) atoms. The summed E-state index contributed by atoms with van der Waals surface area (Å²) in [6.07, 6.45) is 1.63. The predicted molar refractivity (Wildman–Crippen MR) is 72.6 cm³/mol. The second kappa shape index (κ2) is 4.93. The Morgan fingerprint density at radius 1 is 1.14 bits per heavy atom. The van der Waals surface area contributed by atoms with Gasteiger partial charge in [-0.25, -0.2) is 13.3 Å². The van der Waals surface area contributed by atoms with Crippen molar-refractivity contribution in [3.63, 3.8) is 0 Å². The SMILES string of the molecule is CC(=O)Nc1nc2ccc(-c3ccc(F)c(F)c3)cn2n1. The van der Waals surface area contributed by atoms with Gasteiger partial charge in [0.25, 0.3) is 0 Å². The predicted octanol–water partition coefficient (Wildman–Crippen LogP) is 2.63. The lowest BCUT2D eigenvalue weighted by atomic mass is 10.1. The molecule has 5 nitrogen and oxygen atoms in total. The maximum Gasteiger partial charge on any atom is 0.249 e. The van der Waals surface area contributed by atoms with Gasteiger partial charge >= 0.3 is 0 Å². The Morgan fingerprint density at radius 2 is 1.90 bits per heavy atom. The highest BCUT2D eigenvalue weighted by molar-refractivity contribution is 5.86. The number of hydrogen-bond donors (Lipinski definition) is 1. The quantitative estimate of drug-likeness (QED) is 0.788. The van der Waals surface area contributed by atoms with Crippen molar-refractivity contribution in [2.24, 2.45) is 0 Å². The molecule has 0 bridgehead atoms. The average molecular weight is 288 g/mol.